The van der Waals surface area contributed by atoms with Crippen molar-refractivity contribution in [1.29, 1.82) is 0 Å². The van der Waals surface area contributed by atoms with E-state index in [1.807, 2.05) is 0 Å². The highest BCUT2D eigenvalue weighted by molar-refractivity contribution is 6.00. The standard InChI is InChI=1S/C46H30/c1-3-7-41-31-45-27-37(23-25-43(45)29-39(41)5-1)21-19-35-15-11-33(12-16-35)9-10-34-13-17-36(18-14-34)20-22-38-24-26-44-30-40-6-2-4-8-42(40)32-46(44)28-38/h1-8,11-32H/b21-19+,22-20+. The molecule has 8 aromatic rings. The minimum atomic E-state index is 1.00. The van der Waals surface area contributed by atoms with Gasteiger partial charge in [-0.15, -0.1) is 0 Å². The van der Waals surface area contributed by atoms with Gasteiger partial charge in [0, 0.05) is 11.1 Å². The third-order valence-electron chi connectivity index (χ3n) is 8.57. The van der Waals surface area contributed by atoms with Gasteiger partial charge in [-0.1, -0.05) is 133 Å². The Morgan fingerprint density at radius 1 is 0.261 bits per heavy atom. The second-order valence-electron chi connectivity index (χ2n) is 11.8. The molecule has 0 unspecified atom stereocenters. The van der Waals surface area contributed by atoms with Crippen LogP contribution in [0.1, 0.15) is 33.4 Å². The number of hydrogen-bond donors (Lipinski definition) is 0. The molecule has 0 fully saturated rings. The zero-order valence-corrected chi connectivity index (χ0v) is 25.3. The van der Waals surface area contributed by atoms with E-state index in [0.29, 0.717) is 0 Å². The fraction of sp³-hybridized carbons (Fsp3) is 0. The highest BCUT2D eigenvalue weighted by Crippen LogP contribution is 2.26. The first kappa shape index (κ1) is 27.4. The Bertz CT molecular complexity index is 2320. The van der Waals surface area contributed by atoms with Crippen LogP contribution in [0.3, 0.4) is 0 Å². The molecule has 0 radical (unpaired) electrons. The van der Waals surface area contributed by atoms with Crippen molar-refractivity contribution in [2.45, 2.75) is 0 Å². The van der Waals surface area contributed by atoms with E-state index in [9.17, 15) is 0 Å². The molecule has 214 valence electrons. The normalized spacial score (nSPS) is 11.6. The molecule has 0 atom stereocenters. The smallest absolute Gasteiger partial charge is 0.0249 e. The van der Waals surface area contributed by atoms with Crippen molar-refractivity contribution in [2.24, 2.45) is 0 Å². The van der Waals surface area contributed by atoms with Crippen LogP contribution in [0.25, 0.3) is 67.4 Å². The van der Waals surface area contributed by atoms with Gasteiger partial charge in [0.25, 0.3) is 0 Å². The summed E-state index contributed by atoms with van der Waals surface area (Å²) in [7, 11) is 0. The zero-order chi connectivity index (χ0) is 30.7. The summed E-state index contributed by atoms with van der Waals surface area (Å²) in [4.78, 5) is 0. The van der Waals surface area contributed by atoms with E-state index in [2.05, 4.69) is 194 Å². The molecular weight excluding hydrogens is 553 g/mol. The van der Waals surface area contributed by atoms with Gasteiger partial charge in [-0.2, -0.15) is 0 Å². The van der Waals surface area contributed by atoms with E-state index in [4.69, 9.17) is 0 Å². The van der Waals surface area contributed by atoms with E-state index in [0.717, 1.165) is 22.3 Å². The van der Waals surface area contributed by atoms with Crippen molar-refractivity contribution in [2.75, 3.05) is 0 Å². The van der Waals surface area contributed by atoms with Crippen molar-refractivity contribution in [3.63, 3.8) is 0 Å². The summed E-state index contributed by atoms with van der Waals surface area (Å²) < 4.78 is 0. The summed E-state index contributed by atoms with van der Waals surface area (Å²) in [5.74, 6) is 6.62. The first-order valence-corrected chi connectivity index (χ1v) is 15.7. The fourth-order valence-corrected chi connectivity index (χ4v) is 6.01. The van der Waals surface area contributed by atoms with E-state index in [-0.39, 0.29) is 0 Å². The summed E-state index contributed by atoms with van der Waals surface area (Å²) >= 11 is 0. The van der Waals surface area contributed by atoms with Gasteiger partial charge in [-0.3, -0.25) is 0 Å². The van der Waals surface area contributed by atoms with Crippen LogP contribution in [0.5, 0.6) is 0 Å². The van der Waals surface area contributed by atoms with Crippen LogP contribution < -0.4 is 0 Å². The second-order valence-corrected chi connectivity index (χ2v) is 11.8. The number of benzene rings is 8. The minimum Gasteiger partial charge on any atom is -0.0617 e. The van der Waals surface area contributed by atoms with Crippen LogP contribution in [0, 0.1) is 11.8 Å². The molecule has 8 rings (SSSR count). The molecule has 0 aromatic heterocycles. The van der Waals surface area contributed by atoms with E-state index < -0.39 is 0 Å². The van der Waals surface area contributed by atoms with Gasteiger partial charge in [0.05, 0.1) is 0 Å². The van der Waals surface area contributed by atoms with Crippen molar-refractivity contribution in [3.8, 4) is 11.8 Å². The SMILES string of the molecule is C(#Cc1ccc(/C=C/c2ccc3cc4ccccc4cc3c2)cc1)c1ccc(/C=C/c2ccc3cc4ccccc4cc3c2)cc1. The average molecular weight is 583 g/mol. The Kier molecular flexibility index (Phi) is 7.20. The minimum absolute atomic E-state index is 1.00. The lowest BCUT2D eigenvalue weighted by molar-refractivity contribution is 1.59. The molecular formula is C46H30. The summed E-state index contributed by atoms with van der Waals surface area (Å²) in [6.07, 6.45) is 8.66. The van der Waals surface area contributed by atoms with Crippen molar-refractivity contribution >= 4 is 67.4 Å². The number of rotatable bonds is 4. The number of hydrogen-bond acceptors (Lipinski definition) is 0. The highest BCUT2D eigenvalue weighted by Gasteiger charge is 2.00. The Labute approximate surface area is 269 Å². The summed E-state index contributed by atoms with van der Waals surface area (Å²) in [5, 5.41) is 10.1. The Balaban J connectivity index is 0.920. The predicted molar refractivity (Wildman–Crippen MR) is 200 cm³/mol. The molecule has 0 amide bonds. The molecule has 0 aliphatic carbocycles. The molecule has 0 aliphatic heterocycles. The second kappa shape index (κ2) is 12.1. The lowest BCUT2D eigenvalue weighted by Crippen LogP contribution is -1.80. The lowest BCUT2D eigenvalue weighted by Gasteiger charge is -2.04. The van der Waals surface area contributed by atoms with Gasteiger partial charge in [-0.05, 0) is 126 Å². The summed E-state index contributed by atoms with van der Waals surface area (Å²) in [6, 6.07) is 56.2. The third-order valence-corrected chi connectivity index (χ3v) is 8.57. The van der Waals surface area contributed by atoms with Gasteiger partial charge in [0.15, 0.2) is 0 Å². The Hall–Kier alpha value is -6.16. The zero-order valence-electron chi connectivity index (χ0n) is 25.3. The van der Waals surface area contributed by atoms with E-state index >= 15 is 0 Å². The maximum Gasteiger partial charge on any atom is 0.0249 e. The first-order chi connectivity index (χ1) is 22.7. The molecule has 46 heavy (non-hydrogen) atoms. The van der Waals surface area contributed by atoms with Crippen molar-refractivity contribution in [1.82, 2.24) is 0 Å². The first-order valence-electron chi connectivity index (χ1n) is 15.7. The van der Waals surface area contributed by atoms with Crippen LogP contribution >= 0.6 is 0 Å². The van der Waals surface area contributed by atoms with Crippen LogP contribution in [0.4, 0.5) is 0 Å². The molecule has 0 spiro atoms. The molecule has 0 heterocycles. The van der Waals surface area contributed by atoms with Gasteiger partial charge in [0.1, 0.15) is 0 Å². The molecule has 8 aromatic carbocycles. The van der Waals surface area contributed by atoms with Gasteiger partial charge in [-0.25, -0.2) is 0 Å². The topological polar surface area (TPSA) is 0 Å². The molecule has 0 N–H and O–H groups in total. The van der Waals surface area contributed by atoms with E-state index in [1.54, 1.807) is 0 Å². The summed E-state index contributed by atoms with van der Waals surface area (Å²) in [5.41, 5.74) is 6.69. The van der Waals surface area contributed by atoms with Gasteiger partial charge in [0.2, 0.25) is 0 Å². The molecule has 0 saturated carbocycles. The van der Waals surface area contributed by atoms with Crippen LogP contribution in [-0.4, -0.2) is 0 Å². The molecule has 0 nitrogen and oxygen atoms in total. The molecule has 0 aliphatic rings. The number of fused-ring (bicyclic) bond motifs is 4. The average Bonchev–Trinajstić information content (AvgIpc) is 3.11. The van der Waals surface area contributed by atoms with Gasteiger partial charge >= 0.3 is 0 Å². The predicted octanol–water partition coefficient (Wildman–Crippen LogP) is 12.0. The van der Waals surface area contributed by atoms with Crippen molar-refractivity contribution < 1.29 is 0 Å². The maximum absolute atomic E-state index is 3.31. The molecule has 0 saturated heterocycles. The molecule has 0 bridgehead atoms. The third kappa shape index (κ3) is 5.96. The molecule has 0 heteroatoms. The summed E-state index contributed by atoms with van der Waals surface area (Å²) in [6.45, 7) is 0. The van der Waals surface area contributed by atoms with Crippen molar-refractivity contribution in [3.05, 3.63) is 191 Å². The fourth-order valence-electron chi connectivity index (χ4n) is 6.01. The largest absolute Gasteiger partial charge is 0.0617 e. The van der Waals surface area contributed by atoms with Gasteiger partial charge < -0.3 is 0 Å². The Morgan fingerprint density at radius 2 is 0.565 bits per heavy atom. The quantitative estimate of drug-likeness (QED) is 0.110. The van der Waals surface area contributed by atoms with Crippen LogP contribution in [0.15, 0.2) is 158 Å². The lowest BCUT2D eigenvalue weighted by atomic mass is 10.0. The van der Waals surface area contributed by atoms with E-state index in [1.165, 1.54) is 54.2 Å². The maximum atomic E-state index is 3.31. The Morgan fingerprint density at radius 3 is 0.957 bits per heavy atom. The monoisotopic (exact) mass is 582 g/mol. The van der Waals surface area contributed by atoms with Crippen LogP contribution in [-0.2, 0) is 0 Å². The van der Waals surface area contributed by atoms with Crippen LogP contribution in [0.2, 0.25) is 0 Å². The highest BCUT2D eigenvalue weighted by atomic mass is 14.0.